The Morgan fingerprint density at radius 2 is 1.68 bits per heavy atom. The molecule has 1 aromatic heterocycles. The highest BCUT2D eigenvalue weighted by Gasteiger charge is 2.26. The first-order chi connectivity index (χ1) is 11.5. The lowest BCUT2D eigenvalue weighted by atomic mass is 9.78. The van der Waals surface area contributed by atoms with Gasteiger partial charge in [-0.3, -0.25) is 10.1 Å². The molecular weight excluding hydrogens is 316 g/mol. The van der Waals surface area contributed by atoms with Gasteiger partial charge in [0, 0.05) is 6.42 Å². The van der Waals surface area contributed by atoms with E-state index in [9.17, 15) is 9.90 Å². The molecule has 136 valence electrons. The van der Waals surface area contributed by atoms with Crippen LogP contribution in [0.5, 0.6) is 5.75 Å². The van der Waals surface area contributed by atoms with Crippen LogP contribution >= 0.6 is 0 Å². The number of phenols is 1. The normalized spacial score (nSPS) is 12.2. The van der Waals surface area contributed by atoms with Crippen LogP contribution in [-0.2, 0) is 22.0 Å². The average molecular weight is 344 g/mol. The zero-order chi connectivity index (χ0) is 18.8. The summed E-state index contributed by atoms with van der Waals surface area (Å²) >= 11 is 0. The smallest absolute Gasteiger partial charge is 0.227 e. The number of rotatable bonds is 4. The fraction of sp³-hybridized carbons (Fsp3) is 0.526. The quantitative estimate of drug-likeness (QED) is 0.789. The predicted octanol–water partition coefficient (Wildman–Crippen LogP) is 3.68. The van der Waals surface area contributed by atoms with Crippen molar-refractivity contribution in [1.29, 1.82) is 0 Å². The molecule has 6 heteroatoms. The molecule has 0 unspecified atom stereocenters. The van der Waals surface area contributed by atoms with E-state index >= 15 is 0 Å². The van der Waals surface area contributed by atoms with E-state index in [4.69, 9.17) is 0 Å². The van der Waals surface area contributed by atoms with Gasteiger partial charge in [-0.2, -0.15) is 10.1 Å². The van der Waals surface area contributed by atoms with Gasteiger partial charge < -0.3 is 5.11 Å². The molecule has 0 saturated carbocycles. The van der Waals surface area contributed by atoms with Gasteiger partial charge in [0.25, 0.3) is 0 Å². The van der Waals surface area contributed by atoms with E-state index in [2.05, 4.69) is 62.0 Å². The maximum atomic E-state index is 12.1. The number of anilines is 1. The first-order valence-corrected chi connectivity index (χ1v) is 8.50. The molecule has 0 saturated heterocycles. The van der Waals surface area contributed by atoms with Gasteiger partial charge in [0.15, 0.2) is 0 Å². The van der Waals surface area contributed by atoms with E-state index < -0.39 is 0 Å². The zero-order valence-electron chi connectivity index (χ0n) is 15.9. The van der Waals surface area contributed by atoms with Crippen molar-refractivity contribution in [3.8, 4) is 5.75 Å². The van der Waals surface area contributed by atoms with Crippen LogP contribution in [0.15, 0.2) is 18.5 Å². The zero-order valence-corrected chi connectivity index (χ0v) is 15.9. The second-order valence-corrected chi connectivity index (χ2v) is 8.42. The molecule has 0 radical (unpaired) electrons. The first-order valence-electron chi connectivity index (χ1n) is 8.50. The highest BCUT2D eigenvalue weighted by atomic mass is 16.3. The summed E-state index contributed by atoms with van der Waals surface area (Å²) in [6.07, 6.45) is 2.27. The minimum absolute atomic E-state index is 0.126. The van der Waals surface area contributed by atoms with E-state index in [0.717, 1.165) is 16.7 Å². The standard InChI is InChI=1S/C19H28N4O2/c1-18(2,3)13-9-12(10-14(16(13)25)19(4,5)6)7-8-15(24)22-17-20-11-21-23-17/h9-11,25H,7-8H2,1-6H3,(H2,20,21,22,23,24). The number of phenolic OH excluding ortho intramolecular Hbond substituents is 1. The molecular formula is C19H28N4O2. The van der Waals surface area contributed by atoms with Crippen molar-refractivity contribution in [1.82, 2.24) is 15.2 Å². The van der Waals surface area contributed by atoms with Crippen LogP contribution in [0.1, 0.15) is 64.7 Å². The van der Waals surface area contributed by atoms with Gasteiger partial charge in [-0.05, 0) is 33.9 Å². The van der Waals surface area contributed by atoms with Gasteiger partial charge in [0.1, 0.15) is 12.1 Å². The number of aryl methyl sites for hydroxylation is 1. The Bertz CT molecular complexity index is 703. The number of benzene rings is 1. The molecule has 0 aliphatic carbocycles. The van der Waals surface area contributed by atoms with E-state index in [1.807, 2.05) is 12.1 Å². The Hall–Kier alpha value is -2.37. The molecule has 6 nitrogen and oxygen atoms in total. The number of hydrogen-bond acceptors (Lipinski definition) is 4. The number of nitrogens with zero attached hydrogens (tertiary/aromatic N) is 2. The van der Waals surface area contributed by atoms with Crippen LogP contribution in [0.4, 0.5) is 5.95 Å². The number of carbonyl (C=O) groups is 1. The lowest BCUT2D eigenvalue weighted by Crippen LogP contribution is -2.18. The van der Waals surface area contributed by atoms with E-state index in [1.54, 1.807) is 0 Å². The number of H-pyrrole nitrogens is 1. The maximum Gasteiger partial charge on any atom is 0.227 e. The summed E-state index contributed by atoms with van der Waals surface area (Å²) in [6, 6.07) is 4.01. The topological polar surface area (TPSA) is 90.9 Å². The van der Waals surface area contributed by atoms with Crippen molar-refractivity contribution in [3.63, 3.8) is 0 Å². The molecule has 0 aliphatic rings. The lowest BCUT2D eigenvalue weighted by Gasteiger charge is -2.28. The summed E-state index contributed by atoms with van der Waals surface area (Å²) in [5.41, 5.74) is 2.50. The molecule has 1 heterocycles. The van der Waals surface area contributed by atoms with Gasteiger partial charge in [-0.25, -0.2) is 5.10 Å². The fourth-order valence-electron chi connectivity index (χ4n) is 2.70. The summed E-state index contributed by atoms with van der Waals surface area (Å²) < 4.78 is 0. The molecule has 2 rings (SSSR count). The Kier molecular flexibility index (Phi) is 5.20. The van der Waals surface area contributed by atoms with Crippen LogP contribution in [0.2, 0.25) is 0 Å². The van der Waals surface area contributed by atoms with Crippen LogP contribution < -0.4 is 5.32 Å². The van der Waals surface area contributed by atoms with Crippen molar-refractivity contribution in [2.75, 3.05) is 5.32 Å². The van der Waals surface area contributed by atoms with Crippen molar-refractivity contribution >= 4 is 11.9 Å². The maximum absolute atomic E-state index is 12.1. The van der Waals surface area contributed by atoms with Crippen molar-refractivity contribution in [2.24, 2.45) is 0 Å². The molecule has 3 N–H and O–H groups in total. The number of aromatic hydroxyl groups is 1. The minimum atomic E-state index is -0.178. The van der Waals surface area contributed by atoms with Crippen LogP contribution in [-0.4, -0.2) is 26.2 Å². The third-order valence-electron chi connectivity index (χ3n) is 4.10. The van der Waals surface area contributed by atoms with E-state index in [0.29, 0.717) is 24.5 Å². The van der Waals surface area contributed by atoms with Crippen LogP contribution in [0, 0.1) is 0 Å². The average Bonchev–Trinajstić information content (AvgIpc) is 2.96. The van der Waals surface area contributed by atoms with Gasteiger partial charge in [0.05, 0.1) is 0 Å². The molecule has 0 atom stereocenters. The number of hydrogen-bond donors (Lipinski definition) is 3. The number of aromatic nitrogens is 3. The predicted molar refractivity (Wildman–Crippen MR) is 98.8 cm³/mol. The molecule has 0 aliphatic heterocycles. The minimum Gasteiger partial charge on any atom is -0.507 e. The van der Waals surface area contributed by atoms with Gasteiger partial charge in [0.2, 0.25) is 11.9 Å². The Morgan fingerprint density at radius 1 is 1.12 bits per heavy atom. The highest BCUT2D eigenvalue weighted by molar-refractivity contribution is 5.88. The van der Waals surface area contributed by atoms with E-state index in [-0.39, 0.29) is 16.7 Å². The largest absolute Gasteiger partial charge is 0.507 e. The molecule has 2 aromatic rings. The third kappa shape index (κ3) is 4.81. The van der Waals surface area contributed by atoms with Crippen molar-refractivity contribution in [3.05, 3.63) is 35.2 Å². The van der Waals surface area contributed by atoms with Crippen LogP contribution in [0.25, 0.3) is 0 Å². The summed E-state index contributed by atoms with van der Waals surface area (Å²) in [4.78, 5) is 16.0. The molecule has 0 spiro atoms. The Balaban J connectivity index is 2.23. The molecule has 0 fully saturated rings. The number of nitrogens with one attached hydrogen (secondary N) is 2. The Morgan fingerprint density at radius 3 is 2.12 bits per heavy atom. The monoisotopic (exact) mass is 344 g/mol. The molecule has 25 heavy (non-hydrogen) atoms. The summed E-state index contributed by atoms with van der Waals surface area (Å²) in [5.74, 6) is 0.579. The summed E-state index contributed by atoms with van der Waals surface area (Å²) in [5, 5.41) is 19.7. The SMILES string of the molecule is CC(C)(C)c1cc(CCC(=O)Nc2ncn[nH]2)cc(C(C)(C)C)c1O. The molecule has 0 bridgehead atoms. The summed E-state index contributed by atoms with van der Waals surface area (Å²) in [7, 11) is 0. The number of aromatic amines is 1. The lowest BCUT2D eigenvalue weighted by molar-refractivity contribution is -0.116. The van der Waals surface area contributed by atoms with Gasteiger partial charge in [-0.1, -0.05) is 53.7 Å². The van der Waals surface area contributed by atoms with Crippen LogP contribution in [0.3, 0.4) is 0 Å². The molecule has 1 aromatic carbocycles. The summed E-state index contributed by atoms with van der Waals surface area (Å²) in [6.45, 7) is 12.5. The van der Waals surface area contributed by atoms with Crippen molar-refractivity contribution in [2.45, 2.75) is 65.2 Å². The molecule has 1 amide bonds. The fourth-order valence-corrected chi connectivity index (χ4v) is 2.70. The number of carbonyl (C=O) groups excluding carboxylic acids is 1. The number of amides is 1. The second kappa shape index (κ2) is 6.86. The third-order valence-corrected chi connectivity index (χ3v) is 4.10. The van der Waals surface area contributed by atoms with Gasteiger partial charge in [-0.15, -0.1) is 0 Å². The Labute approximate surface area is 149 Å². The first kappa shape index (κ1) is 19.0. The second-order valence-electron chi connectivity index (χ2n) is 8.42. The van der Waals surface area contributed by atoms with E-state index in [1.165, 1.54) is 6.33 Å². The van der Waals surface area contributed by atoms with Gasteiger partial charge >= 0.3 is 0 Å². The highest BCUT2D eigenvalue weighted by Crippen LogP contribution is 2.39. The van der Waals surface area contributed by atoms with Crippen molar-refractivity contribution < 1.29 is 9.90 Å².